The second kappa shape index (κ2) is 15.6. The molecule has 0 spiro atoms. The molecule has 2 saturated carbocycles. The van der Waals surface area contributed by atoms with Crippen LogP contribution in [-0.2, 0) is 24.4 Å². The van der Waals surface area contributed by atoms with Crippen LogP contribution in [0.2, 0.25) is 0 Å². The van der Waals surface area contributed by atoms with E-state index in [1.165, 1.54) is 0 Å². The van der Waals surface area contributed by atoms with Crippen LogP contribution in [0, 0.1) is 0 Å². The minimum Gasteiger partial charge on any atom is -0.723 e. The molecule has 0 unspecified atom stereocenters. The molecule has 0 bridgehead atoms. The van der Waals surface area contributed by atoms with Gasteiger partial charge in [0.15, 0.2) is 0 Å². The molecule has 0 aliphatic heterocycles. The Morgan fingerprint density at radius 1 is 0.690 bits per heavy atom. The van der Waals surface area contributed by atoms with E-state index in [1.807, 2.05) is 0 Å². The molecule has 2 aliphatic carbocycles. The first-order chi connectivity index (χ1) is 18.6. The third kappa shape index (κ3) is 9.60. The Kier molecular flexibility index (Phi) is 15.1. The smallest absolute Gasteiger partial charge is 0.723 e. The van der Waals surface area contributed by atoms with E-state index in [1.54, 1.807) is 6.92 Å². The van der Waals surface area contributed by atoms with Gasteiger partial charge >= 0.3 is 55.5 Å². The van der Waals surface area contributed by atoms with Crippen molar-refractivity contribution in [3.63, 3.8) is 0 Å². The quantitative estimate of drug-likeness (QED) is 0.0682. The van der Waals surface area contributed by atoms with Crippen molar-refractivity contribution in [1.82, 2.24) is 0 Å². The molecule has 2 rings (SSSR count). The Labute approximate surface area is 244 Å². The average molecular weight is 697 g/mol. The zero-order valence-corrected chi connectivity index (χ0v) is 25.1. The van der Waals surface area contributed by atoms with E-state index in [-0.39, 0.29) is 77.5 Å². The Morgan fingerprint density at radius 2 is 1.07 bits per heavy atom. The van der Waals surface area contributed by atoms with Crippen molar-refractivity contribution in [2.75, 3.05) is 6.61 Å². The van der Waals surface area contributed by atoms with Gasteiger partial charge in [-0.3, -0.25) is 4.99 Å². The third-order valence-electron chi connectivity index (χ3n) is 6.15. The van der Waals surface area contributed by atoms with Gasteiger partial charge in [-0.05, 0) is 31.6 Å². The summed E-state index contributed by atoms with van der Waals surface area (Å²) in [6.07, 6.45) is -12.9. The molecule has 0 aromatic heterocycles. The molecule has 0 heterocycles. The van der Waals surface area contributed by atoms with Gasteiger partial charge < -0.3 is 20.5 Å². The summed E-state index contributed by atoms with van der Waals surface area (Å²) in [4.78, 5) is 8.46. The standard InChI is InChI=1S/C20H22F14N3.C2H6O2.Zn/c21-15(22,17(25,26)19(29,30)31)13(35-11-7-3-1-4-8-11)37-14(36-12-9-5-2-6-10-12)16(23,24)18(27,28)20(32,33)34;1-2-4-3;/h11-12H,1-10H2;3H,2H2,1H3;/q-1;;+2/p-1. The van der Waals surface area contributed by atoms with Gasteiger partial charge in [-0.15, -0.1) is 0 Å². The second-order valence-corrected chi connectivity index (χ2v) is 9.30. The first kappa shape index (κ1) is 40.7. The van der Waals surface area contributed by atoms with E-state index in [0.717, 1.165) is 0 Å². The molecule has 0 N–H and O–H groups in total. The molecule has 0 aromatic rings. The van der Waals surface area contributed by atoms with Crippen molar-refractivity contribution in [1.29, 1.82) is 0 Å². The summed E-state index contributed by atoms with van der Waals surface area (Å²) in [5, 5.41) is 11.8. The first-order valence-electron chi connectivity index (χ1n) is 12.4. The summed E-state index contributed by atoms with van der Waals surface area (Å²) in [5.41, 5.74) is 0. The van der Waals surface area contributed by atoms with E-state index in [2.05, 4.69) is 20.2 Å². The number of nitrogens with zero attached hydrogens (tertiary/aromatic N) is 3. The largest absolute Gasteiger partial charge is 2.00 e. The molecule has 5 nitrogen and oxygen atoms in total. The summed E-state index contributed by atoms with van der Waals surface area (Å²) in [6.45, 7) is 1.91. The molecular weight excluding hydrogens is 670 g/mol. The normalized spacial score (nSPS) is 19.5. The van der Waals surface area contributed by atoms with Crippen molar-refractivity contribution in [2.45, 2.75) is 119 Å². The van der Waals surface area contributed by atoms with Crippen LogP contribution in [0.15, 0.2) is 9.98 Å². The first-order valence-corrected chi connectivity index (χ1v) is 12.4. The fourth-order valence-electron chi connectivity index (χ4n) is 3.86. The molecule has 2 fully saturated rings. The van der Waals surface area contributed by atoms with Crippen molar-refractivity contribution >= 4 is 11.7 Å². The Balaban J connectivity index is 0.00000315. The predicted molar refractivity (Wildman–Crippen MR) is 115 cm³/mol. The molecule has 0 atom stereocenters. The van der Waals surface area contributed by atoms with Gasteiger partial charge in [0.25, 0.3) is 0 Å². The van der Waals surface area contributed by atoms with E-state index < -0.39 is 59.8 Å². The van der Waals surface area contributed by atoms with Gasteiger partial charge in [-0.25, -0.2) is 0 Å². The van der Waals surface area contributed by atoms with Crippen molar-refractivity contribution in [3.05, 3.63) is 5.32 Å². The summed E-state index contributed by atoms with van der Waals surface area (Å²) in [5.74, 6) is -32.9. The van der Waals surface area contributed by atoms with E-state index in [4.69, 9.17) is 5.26 Å². The molecule has 2 aliphatic rings. The summed E-state index contributed by atoms with van der Waals surface area (Å²) in [6, 6.07) is -2.90. The minimum atomic E-state index is -6.99. The molecule has 0 amide bonds. The van der Waals surface area contributed by atoms with Crippen LogP contribution in [0.25, 0.3) is 5.32 Å². The fraction of sp³-hybridized carbons (Fsp3) is 0.909. The number of amidine groups is 2. The van der Waals surface area contributed by atoms with Crippen LogP contribution in [0.3, 0.4) is 0 Å². The number of hydrogen-bond acceptors (Lipinski definition) is 3. The molecular formula is C22H27F14N3O2Zn. The van der Waals surface area contributed by atoms with Gasteiger partial charge in [-0.1, -0.05) is 51.4 Å². The number of rotatable bonds is 7. The van der Waals surface area contributed by atoms with Crippen LogP contribution >= 0.6 is 0 Å². The van der Waals surface area contributed by atoms with Gasteiger partial charge in [0.05, 0.1) is 11.9 Å². The maximum atomic E-state index is 14.6. The van der Waals surface area contributed by atoms with Crippen LogP contribution < -0.4 is 5.26 Å². The van der Waals surface area contributed by atoms with E-state index in [0.29, 0.717) is 12.8 Å². The van der Waals surface area contributed by atoms with Crippen LogP contribution in [0.1, 0.15) is 71.1 Å². The van der Waals surface area contributed by atoms with E-state index >= 15 is 0 Å². The Hall–Kier alpha value is -1.30. The predicted octanol–water partition coefficient (Wildman–Crippen LogP) is 7.78. The van der Waals surface area contributed by atoms with E-state index in [9.17, 15) is 61.5 Å². The van der Waals surface area contributed by atoms with Crippen LogP contribution in [-0.4, -0.2) is 66.4 Å². The number of alkyl halides is 14. The summed E-state index contributed by atoms with van der Waals surface area (Å²) >= 11 is 0. The monoisotopic (exact) mass is 695 g/mol. The zero-order chi connectivity index (χ0) is 31.9. The van der Waals surface area contributed by atoms with Gasteiger partial charge in [0, 0.05) is 6.61 Å². The zero-order valence-electron chi connectivity index (χ0n) is 22.1. The molecule has 20 heteroatoms. The number of aliphatic imine (C=N–C) groups is 2. The third-order valence-corrected chi connectivity index (χ3v) is 6.15. The molecule has 242 valence electrons. The SMILES string of the molecule is CCO[O-].FC(F)(F)C(F)(F)C(F)(F)C(=NC1CCCCC1)N=C([N-]C1CCCCC1)C(F)(F)C(F)(F)C(F)(F)F.[Zn+2]. The van der Waals surface area contributed by atoms with Crippen LogP contribution in [0.5, 0.6) is 0 Å². The van der Waals surface area contributed by atoms with Crippen molar-refractivity contribution in [2.24, 2.45) is 9.98 Å². The second-order valence-electron chi connectivity index (χ2n) is 9.30. The average Bonchev–Trinajstić information content (AvgIpc) is 2.87. The minimum absolute atomic E-state index is 0. The fourth-order valence-corrected chi connectivity index (χ4v) is 3.86. The maximum Gasteiger partial charge on any atom is 2.00 e. The van der Waals surface area contributed by atoms with Gasteiger partial charge in [0.1, 0.15) is 0 Å². The van der Waals surface area contributed by atoms with Crippen molar-refractivity contribution in [3.8, 4) is 0 Å². The van der Waals surface area contributed by atoms with Gasteiger partial charge in [0.2, 0.25) is 0 Å². The maximum absolute atomic E-state index is 14.6. The summed E-state index contributed by atoms with van der Waals surface area (Å²) < 4.78 is 190. The van der Waals surface area contributed by atoms with Crippen LogP contribution in [0.4, 0.5) is 61.5 Å². The molecule has 0 saturated heterocycles. The number of hydrogen-bond donors (Lipinski definition) is 0. The topological polar surface area (TPSA) is 71.1 Å². The molecule has 0 radical (unpaired) electrons. The summed E-state index contributed by atoms with van der Waals surface area (Å²) in [7, 11) is 0. The Morgan fingerprint density at radius 3 is 1.45 bits per heavy atom. The van der Waals surface area contributed by atoms with Gasteiger partial charge in [-0.2, -0.15) is 61.5 Å². The Bertz CT molecular complexity index is 881. The number of halogens is 14. The molecule has 0 aromatic carbocycles. The van der Waals surface area contributed by atoms with Crippen molar-refractivity contribution < 1.29 is 91.1 Å². The molecule has 42 heavy (non-hydrogen) atoms.